The number of aryl methyl sites for hydroxylation is 2. The van der Waals surface area contributed by atoms with Gasteiger partial charge in [-0.3, -0.25) is 4.68 Å². The van der Waals surface area contributed by atoms with E-state index in [1.165, 1.54) is 37.1 Å². The minimum Gasteiger partial charge on any atom is -0.327 e. The van der Waals surface area contributed by atoms with Crippen LogP contribution in [0.15, 0.2) is 6.07 Å². The van der Waals surface area contributed by atoms with Gasteiger partial charge in [0.25, 0.3) is 0 Å². The summed E-state index contributed by atoms with van der Waals surface area (Å²) in [7, 11) is 2.30. The number of piperidine rings is 1. The number of hydrogen-bond donors (Lipinski definition) is 1. The molecule has 0 amide bonds. The van der Waals surface area contributed by atoms with E-state index < -0.39 is 0 Å². The standard InChI is InChI=1S/C17H30N4/c1-4-13-10-16(21(5-2)19-13)11-17(18)12-8-14-6-7-15(9-12)20(14)3/h10,12,14-15,17H,4-9,11,18H2,1-3H3. The minimum absolute atomic E-state index is 0.286. The van der Waals surface area contributed by atoms with E-state index in [4.69, 9.17) is 5.73 Å². The fourth-order valence-corrected chi connectivity index (χ4v) is 4.34. The lowest BCUT2D eigenvalue weighted by molar-refractivity contribution is 0.120. The van der Waals surface area contributed by atoms with Gasteiger partial charge >= 0.3 is 0 Å². The average molecular weight is 290 g/mol. The van der Waals surface area contributed by atoms with Crippen LogP contribution in [0.4, 0.5) is 0 Å². The highest BCUT2D eigenvalue weighted by Gasteiger charge is 2.40. The smallest absolute Gasteiger partial charge is 0.0624 e. The molecule has 0 radical (unpaired) electrons. The number of nitrogens with zero attached hydrogens (tertiary/aromatic N) is 3. The summed E-state index contributed by atoms with van der Waals surface area (Å²) < 4.78 is 2.14. The van der Waals surface area contributed by atoms with Crippen molar-refractivity contribution < 1.29 is 0 Å². The number of hydrogen-bond acceptors (Lipinski definition) is 3. The summed E-state index contributed by atoms with van der Waals surface area (Å²) in [6, 6.07) is 4.10. The molecule has 2 bridgehead atoms. The second-order valence-corrected chi connectivity index (χ2v) is 6.95. The van der Waals surface area contributed by atoms with E-state index in [0.717, 1.165) is 31.5 Å². The highest BCUT2D eigenvalue weighted by molar-refractivity contribution is 5.12. The molecule has 0 aliphatic carbocycles. The Morgan fingerprint density at radius 3 is 2.52 bits per heavy atom. The molecule has 118 valence electrons. The van der Waals surface area contributed by atoms with Crippen molar-refractivity contribution >= 4 is 0 Å². The summed E-state index contributed by atoms with van der Waals surface area (Å²) in [6.45, 7) is 5.28. The highest BCUT2D eigenvalue weighted by Crippen LogP contribution is 2.38. The Bertz CT molecular complexity index is 467. The molecule has 2 fully saturated rings. The molecule has 2 aliphatic heterocycles. The third-order valence-electron chi connectivity index (χ3n) is 5.76. The highest BCUT2D eigenvalue weighted by atomic mass is 15.3. The molecule has 3 rings (SSSR count). The van der Waals surface area contributed by atoms with Crippen LogP contribution in [-0.4, -0.2) is 39.9 Å². The summed E-state index contributed by atoms with van der Waals surface area (Å²) in [5.74, 6) is 0.684. The molecule has 2 aliphatic rings. The number of aromatic nitrogens is 2. The molecule has 3 unspecified atom stereocenters. The Labute approximate surface area is 128 Å². The monoisotopic (exact) mass is 290 g/mol. The largest absolute Gasteiger partial charge is 0.327 e. The lowest BCUT2D eigenvalue weighted by Gasteiger charge is -2.38. The zero-order valence-corrected chi connectivity index (χ0v) is 13.8. The van der Waals surface area contributed by atoms with E-state index in [-0.39, 0.29) is 6.04 Å². The zero-order chi connectivity index (χ0) is 15.0. The van der Waals surface area contributed by atoms with Crippen LogP contribution >= 0.6 is 0 Å². The molecule has 1 aromatic rings. The van der Waals surface area contributed by atoms with Crippen LogP contribution < -0.4 is 5.73 Å². The van der Waals surface area contributed by atoms with Crippen molar-refractivity contribution in [3.63, 3.8) is 0 Å². The van der Waals surface area contributed by atoms with Gasteiger partial charge in [-0.25, -0.2) is 0 Å². The molecular weight excluding hydrogens is 260 g/mol. The van der Waals surface area contributed by atoms with Gasteiger partial charge in [0.2, 0.25) is 0 Å². The van der Waals surface area contributed by atoms with Crippen LogP contribution in [0.3, 0.4) is 0 Å². The van der Waals surface area contributed by atoms with Crippen molar-refractivity contribution in [1.82, 2.24) is 14.7 Å². The van der Waals surface area contributed by atoms with Crippen molar-refractivity contribution in [1.29, 1.82) is 0 Å². The molecular formula is C17H30N4. The quantitative estimate of drug-likeness (QED) is 0.904. The predicted octanol–water partition coefficient (Wildman–Crippen LogP) is 2.21. The number of rotatable bonds is 5. The first-order valence-electron chi connectivity index (χ1n) is 8.65. The number of fused-ring (bicyclic) bond motifs is 2. The van der Waals surface area contributed by atoms with E-state index in [1.54, 1.807) is 0 Å². The molecule has 3 heterocycles. The Balaban J connectivity index is 1.66. The maximum atomic E-state index is 6.59. The maximum Gasteiger partial charge on any atom is 0.0624 e. The first-order chi connectivity index (χ1) is 10.1. The van der Waals surface area contributed by atoms with Crippen molar-refractivity contribution in [2.24, 2.45) is 11.7 Å². The average Bonchev–Trinajstić information content (AvgIpc) is 2.94. The molecule has 0 aromatic carbocycles. The van der Waals surface area contributed by atoms with E-state index in [0.29, 0.717) is 5.92 Å². The van der Waals surface area contributed by atoms with Gasteiger partial charge < -0.3 is 10.6 Å². The third-order valence-corrected chi connectivity index (χ3v) is 5.76. The van der Waals surface area contributed by atoms with Crippen LogP contribution in [0.5, 0.6) is 0 Å². The van der Waals surface area contributed by atoms with Gasteiger partial charge in [-0.05, 0) is 58.1 Å². The molecule has 4 heteroatoms. The summed E-state index contributed by atoms with van der Waals surface area (Å²) in [5, 5.41) is 4.65. The van der Waals surface area contributed by atoms with Gasteiger partial charge in [0.05, 0.1) is 5.69 Å². The lowest BCUT2D eigenvalue weighted by Crippen LogP contribution is -2.46. The van der Waals surface area contributed by atoms with Crippen LogP contribution in [0.2, 0.25) is 0 Å². The molecule has 2 saturated heterocycles. The number of nitrogens with two attached hydrogens (primary N) is 1. The van der Waals surface area contributed by atoms with Gasteiger partial charge in [-0.15, -0.1) is 0 Å². The van der Waals surface area contributed by atoms with Crippen molar-refractivity contribution in [2.45, 2.75) is 77.0 Å². The Kier molecular flexibility index (Phi) is 4.36. The molecule has 4 nitrogen and oxygen atoms in total. The molecule has 2 N–H and O–H groups in total. The van der Waals surface area contributed by atoms with Crippen molar-refractivity contribution in [2.75, 3.05) is 7.05 Å². The van der Waals surface area contributed by atoms with Crippen LogP contribution in [-0.2, 0) is 19.4 Å². The zero-order valence-electron chi connectivity index (χ0n) is 13.8. The molecule has 0 saturated carbocycles. The third kappa shape index (κ3) is 2.88. The second kappa shape index (κ2) is 6.09. The summed E-state index contributed by atoms with van der Waals surface area (Å²) in [4.78, 5) is 2.59. The summed E-state index contributed by atoms with van der Waals surface area (Å²) in [5.41, 5.74) is 9.12. The Hall–Kier alpha value is -0.870. The SMILES string of the molecule is CCc1cc(CC(N)C2CC3CCC(C2)N3C)n(CC)n1. The van der Waals surface area contributed by atoms with E-state index >= 15 is 0 Å². The summed E-state index contributed by atoms with van der Waals surface area (Å²) in [6.07, 6.45) is 7.31. The molecule has 1 aromatic heterocycles. The van der Waals surface area contributed by atoms with E-state index in [9.17, 15) is 0 Å². The first-order valence-corrected chi connectivity index (χ1v) is 8.65. The Morgan fingerprint density at radius 2 is 1.95 bits per heavy atom. The maximum absolute atomic E-state index is 6.59. The van der Waals surface area contributed by atoms with Gasteiger partial charge in [0.1, 0.15) is 0 Å². The van der Waals surface area contributed by atoms with Gasteiger partial charge in [-0.2, -0.15) is 5.10 Å². The topological polar surface area (TPSA) is 47.1 Å². The molecule has 0 spiro atoms. The molecule has 21 heavy (non-hydrogen) atoms. The van der Waals surface area contributed by atoms with Gasteiger partial charge in [0, 0.05) is 36.8 Å². The van der Waals surface area contributed by atoms with E-state index in [2.05, 4.69) is 41.6 Å². The van der Waals surface area contributed by atoms with E-state index in [1.807, 2.05) is 0 Å². The predicted molar refractivity (Wildman–Crippen MR) is 86.3 cm³/mol. The Morgan fingerprint density at radius 1 is 1.29 bits per heavy atom. The normalized spacial score (nSPS) is 30.8. The first kappa shape index (κ1) is 15.0. The lowest BCUT2D eigenvalue weighted by atomic mass is 9.83. The van der Waals surface area contributed by atoms with Gasteiger partial charge in [-0.1, -0.05) is 6.92 Å². The van der Waals surface area contributed by atoms with Crippen LogP contribution in [0.1, 0.15) is 50.9 Å². The van der Waals surface area contributed by atoms with Crippen LogP contribution in [0.25, 0.3) is 0 Å². The van der Waals surface area contributed by atoms with Crippen molar-refractivity contribution in [3.8, 4) is 0 Å². The van der Waals surface area contributed by atoms with Gasteiger partial charge in [0.15, 0.2) is 0 Å². The van der Waals surface area contributed by atoms with Crippen molar-refractivity contribution in [3.05, 3.63) is 17.5 Å². The minimum atomic E-state index is 0.286. The summed E-state index contributed by atoms with van der Waals surface area (Å²) >= 11 is 0. The van der Waals surface area contributed by atoms with Crippen LogP contribution in [0, 0.1) is 5.92 Å². The fourth-order valence-electron chi connectivity index (χ4n) is 4.34. The molecule has 3 atom stereocenters. The second-order valence-electron chi connectivity index (χ2n) is 6.95. The fraction of sp³-hybridized carbons (Fsp3) is 0.824.